The van der Waals surface area contributed by atoms with E-state index in [1.54, 1.807) is 0 Å². The predicted molar refractivity (Wildman–Crippen MR) is 62.1 cm³/mol. The Morgan fingerprint density at radius 3 is 1.68 bits per heavy atom. The minimum atomic E-state index is -5.40. The second kappa shape index (κ2) is 12.9. The normalized spacial score (nSPS) is 10.4. The van der Waals surface area contributed by atoms with Gasteiger partial charge in [-0.25, -0.2) is 0 Å². The van der Waals surface area contributed by atoms with E-state index in [9.17, 15) is 33.8 Å². The average Bonchev–Trinajstić information content (AvgIpc) is 2.29. The van der Waals surface area contributed by atoms with Crippen LogP contribution < -0.4 is 147 Å². The van der Waals surface area contributed by atoms with Crippen molar-refractivity contribution in [2.75, 3.05) is 0 Å². The fraction of sp³-hybridized carbons (Fsp3) is 0. The van der Waals surface area contributed by atoms with Crippen molar-refractivity contribution in [1.82, 2.24) is 0 Å². The zero-order chi connectivity index (χ0) is 15.8. The topological polar surface area (TPSA) is 165 Å². The maximum atomic E-state index is 10.7. The molecule has 114 valence electrons. The molecule has 2 aromatic rings. The molecule has 0 saturated carbocycles. The van der Waals surface area contributed by atoms with Crippen molar-refractivity contribution in [3.05, 3.63) is 30.3 Å². The number of phenolic OH excluding ortho intramolecular Hbond substituents is 1. The summed E-state index contributed by atoms with van der Waals surface area (Å²) < 4.78 is 29.7. The smallest absolute Gasteiger partial charge is 0.780 e. The van der Waals surface area contributed by atoms with Crippen LogP contribution in [0.4, 0.5) is 0 Å². The number of hydrogen-bond acceptors (Lipinski definition) is 9. The number of phenols is 1. The van der Waals surface area contributed by atoms with E-state index in [4.69, 9.17) is 0 Å². The van der Waals surface area contributed by atoms with Gasteiger partial charge in [0.15, 0.2) is 0 Å². The van der Waals surface area contributed by atoms with Gasteiger partial charge in [-0.2, -0.15) is 0 Å². The Morgan fingerprint density at radius 2 is 1.20 bits per heavy atom. The van der Waals surface area contributed by atoms with Crippen molar-refractivity contribution in [2.45, 2.75) is 0 Å². The Hall–Kier alpha value is 2.40. The van der Waals surface area contributed by atoms with Gasteiger partial charge in [-0.1, -0.05) is 12.1 Å². The molecule has 0 bridgehead atoms. The molecule has 15 heteroatoms. The molecule has 1 N–H and O–H groups in total. The summed E-state index contributed by atoms with van der Waals surface area (Å²) in [6, 6.07) is 5.49. The first kappa shape index (κ1) is 32.1. The minimum Gasteiger partial charge on any atom is -0.780 e. The summed E-state index contributed by atoms with van der Waals surface area (Å²) in [5, 5.41) is 9.32. The Kier molecular flexibility index (Phi) is 16.5. The van der Waals surface area contributed by atoms with Crippen molar-refractivity contribution in [2.24, 2.45) is 0 Å². The van der Waals surface area contributed by atoms with Gasteiger partial charge in [-0.3, -0.25) is 0 Å². The van der Waals surface area contributed by atoms with Gasteiger partial charge in [0.25, 0.3) is 0 Å². The van der Waals surface area contributed by atoms with Gasteiger partial charge in [0.05, 0.1) is 5.39 Å². The molecule has 2 aromatic carbocycles. The summed E-state index contributed by atoms with van der Waals surface area (Å²) in [5.74, 6) is -1.45. The van der Waals surface area contributed by atoms with Crippen molar-refractivity contribution in [3.63, 3.8) is 0 Å². The number of aromatic hydroxyl groups is 1. The van der Waals surface area contributed by atoms with Crippen LogP contribution in [-0.2, 0) is 9.13 Å². The number of phosphoric acid groups is 2. The number of hydrogen-bond donors (Lipinski definition) is 1. The van der Waals surface area contributed by atoms with Crippen molar-refractivity contribution < 1.29 is 161 Å². The zero-order valence-electron chi connectivity index (χ0n) is 14.0. The standard InChI is InChI=1S/C10H10O9P2.4Na/c11-7-3-1-2-6-8(18-20(12,13)14)4-5-9(10(6)7)19-21(15,16)17;;;;/h1-5,11H,(H2,12,13,14)(H2,15,16,17);;;;/q;4*+1/p-4. The van der Waals surface area contributed by atoms with Gasteiger partial charge in [0.2, 0.25) is 0 Å². The number of fused-ring (bicyclic) bond motifs is 1. The molecule has 0 fully saturated rings. The SMILES string of the molecule is O=P([O-])([O-])Oc1ccc(OP(=O)([O-])[O-])c2c(O)cccc12.[Na+].[Na+].[Na+].[Na+]. The van der Waals surface area contributed by atoms with Crippen LogP contribution >= 0.6 is 15.6 Å². The quantitative estimate of drug-likeness (QED) is 0.371. The molecule has 0 amide bonds. The third-order valence-electron chi connectivity index (χ3n) is 2.36. The van der Waals surface area contributed by atoms with Crippen molar-refractivity contribution >= 4 is 26.4 Å². The maximum absolute atomic E-state index is 10.7. The Morgan fingerprint density at radius 1 is 0.760 bits per heavy atom. The fourth-order valence-corrected chi connectivity index (χ4v) is 2.52. The molecule has 0 aliphatic rings. The van der Waals surface area contributed by atoms with Gasteiger partial charge in [0.1, 0.15) is 32.9 Å². The molecule has 0 unspecified atom stereocenters. The monoisotopic (exact) mass is 424 g/mol. The molecule has 0 radical (unpaired) electrons. The second-order valence-corrected chi connectivity index (χ2v) is 5.99. The molecule has 25 heavy (non-hydrogen) atoms. The van der Waals surface area contributed by atoms with Gasteiger partial charge in [-0.15, -0.1) is 0 Å². The van der Waals surface area contributed by atoms with Crippen LogP contribution in [0.1, 0.15) is 0 Å². The van der Waals surface area contributed by atoms with Crippen LogP contribution in [0.5, 0.6) is 17.2 Å². The van der Waals surface area contributed by atoms with E-state index in [1.165, 1.54) is 12.1 Å². The summed E-state index contributed by atoms with van der Waals surface area (Å²) >= 11 is 0. The Labute approximate surface area is 231 Å². The maximum Gasteiger partial charge on any atom is 1.00 e. The van der Waals surface area contributed by atoms with Crippen LogP contribution in [0, 0.1) is 0 Å². The molecular formula is C10H6Na4O9P2. The molecule has 0 aromatic heterocycles. The van der Waals surface area contributed by atoms with Crippen LogP contribution in [0.25, 0.3) is 10.8 Å². The molecule has 0 spiro atoms. The van der Waals surface area contributed by atoms with E-state index in [0.29, 0.717) is 0 Å². The van der Waals surface area contributed by atoms with E-state index in [0.717, 1.165) is 18.2 Å². The minimum absolute atomic E-state index is 0. The number of phosphoric ester groups is 2. The van der Waals surface area contributed by atoms with Crippen LogP contribution in [0.2, 0.25) is 0 Å². The third kappa shape index (κ3) is 10.1. The van der Waals surface area contributed by atoms with Gasteiger partial charge < -0.3 is 42.9 Å². The molecule has 0 aliphatic heterocycles. The zero-order valence-corrected chi connectivity index (χ0v) is 23.8. The summed E-state index contributed by atoms with van der Waals surface area (Å²) in [4.78, 5) is 42.6. The van der Waals surface area contributed by atoms with Crippen LogP contribution in [0.3, 0.4) is 0 Å². The van der Waals surface area contributed by atoms with Crippen LogP contribution in [-0.4, -0.2) is 5.11 Å². The van der Waals surface area contributed by atoms with E-state index >= 15 is 0 Å². The average molecular weight is 424 g/mol. The third-order valence-corrected chi connectivity index (χ3v) is 3.20. The first-order valence-electron chi connectivity index (χ1n) is 5.25. The molecule has 0 saturated heterocycles. The number of rotatable bonds is 4. The summed E-state index contributed by atoms with van der Waals surface area (Å²) in [7, 11) is -10.8. The molecule has 0 heterocycles. The predicted octanol–water partition coefficient (Wildman–Crippen LogP) is -13.0. The first-order valence-corrected chi connectivity index (χ1v) is 8.17. The summed E-state index contributed by atoms with van der Waals surface area (Å²) in [6.07, 6.45) is 0. The molecular weight excluding hydrogens is 418 g/mol. The molecule has 0 aliphatic carbocycles. The van der Waals surface area contributed by atoms with E-state index in [1.807, 2.05) is 0 Å². The Balaban J connectivity index is -0.00000121. The van der Waals surface area contributed by atoms with E-state index < -0.39 is 32.9 Å². The van der Waals surface area contributed by atoms with Crippen molar-refractivity contribution in [3.8, 4) is 17.2 Å². The van der Waals surface area contributed by atoms with E-state index in [-0.39, 0.29) is 129 Å². The Bertz CT molecular complexity index is 791. The number of benzene rings is 2. The molecule has 9 nitrogen and oxygen atoms in total. The van der Waals surface area contributed by atoms with Crippen LogP contribution in [0.15, 0.2) is 30.3 Å². The summed E-state index contributed by atoms with van der Waals surface area (Å²) in [5.41, 5.74) is 0. The van der Waals surface area contributed by atoms with Gasteiger partial charge in [0, 0.05) is 5.39 Å². The second-order valence-electron chi connectivity index (χ2n) is 3.84. The molecule has 2 rings (SSSR count). The molecule has 0 atom stereocenters. The fourth-order valence-electron chi connectivity index (χ4n) is 1.73. The summed E-state index contributed by atoms with van der Waals surface area (Å²) in [6.45, 7) is 0. The largest absolute Gasteiger partial charge is 1.00 e. The van der Waals surface area contributed by atoms with Gasteiger partial charge in [-0.05, 0) is 18.2 Å². The van der Waals surface area contributed by atoms with E-state index in [2.05, 4.69) is 9.05 Å². The first-order chi connectivity index (χ1) is 9.57. The van der Waals surface area contributed by atoms with Crippen molar-refractivity contribution in [1.29, 1.82) is 0 Å². The van der Waals surface area contributed by atoms with Gasteiger partial charge >= 0.3 is 118 Å².